The molecule has 0 aliphatic rings. The first kappa shape index (κ1) is 10.3. The van der Waals surface area contributed by atoms with Crippen LogP contribution in [0.15, 0.2) is 47.3 Å². The van der Waals surface area contributed by atoms with E-state index in [0.29, 0.717) is 0 Å². The average Bonchev–Trinajstić information content (AvgIpc) is 2.72. The molecule has 0 aliphatic carbocycles. The zero-order valence-electron chi connectivity index (χ0n) is 8.71. The summed E-state index contributed by atoms with van der Waals surface area (Å²) in [5.74, 6) is 0.254. The van der Waals surface area contributed by atoms with Crippen LogP contribution in [-0.4, -0.2) is 19.7 Å². The Hall–Kier alpha value is -1.88. The van der Waals surface area contributed by atoms with Gasteiger partial charge < -0.3 is 5.11 Å². The molecule has 2 heterocycles. The molecule has 4 nitrogen and oxygen atoms in total. The topological polar surface area (TPSA) is 50.4 Å². The highest BCUT2D eigenvalue weighted by Crippen LogP contribution is 2.23. The van der Waals surface area contributed by atoms with Crippen molar-refractivity contribution < 1.29 is 5.11 Å². The summed E-state index contributed by atoms with van der Waals surface area (Å²) in [6.45, 7) is 0. The van der Waals surface area contributed by atoms with E-state index in [1.807, 2.05) is 18.3 Å². The van der Waals surface area contributed by atoms with Crippen molar-refractivity contribution in [3.63, 3.8) is 0 Å². The number of benzene rings is 1. The van der Waals surface area contributed by atoms with Crippen molar-refractivity contribution in [1.29, 1.82) is 0 Å². The number of nitrogens with zero attached hydrogens (tertiary/aromatic N) is 3. The summed E-state index contributed by atoms with van der Waals surface area (Å²) >= 11 is 3.38. The molecule has 84 valence electrons. The molecule has 2 aromatic heterocycles. The molecule has 0 spiro atoms. The first-order valence-corrected chi connectivity index (χ1v) is 5.81. The summed E-state index contributed by atoms with van der Waals surface area (Å²) in [5, 5.41) is 13.4. The van der Waals surface area contributed by atoms with Crippen LogP contribution in [0.5, 0.6) is 5.75 Å². The highest BCUT2D eigenvalue weighted by Gasteiger charge is 2.04. The van der Waals surface area contributed by atoms with Gasteiger partial charge in [-0.15, -0.1) is 0 Å². The van der Waals surface area contributed by atoms with Crippen LogP contribution >= 0.6 is 15.9 Å². The second-order valence-corrected chi connectivity index (χ2v) is 4.50. The van der Waals surface area contributed by atoms with Crippen LogP contribution in [0, 0.1) is 0 Å². The lowest BCUT2D eigenvalue weighted by molar-refractivity contribution is 0.475. The second-order valence-electron chi connectivity index (χ2n) is 3.65. The molecule has 0 radical (unpaired) electrons. The zero-order valence-corrected chi connectivity index (χ0v) is 10.3. The Labute approximate surface area is 106 Å². The van der Waals surface area contributed by atoms with Crippen LogP contribution in [0.3, 0.4) is 0 Å². The van der Waals surface area contributed by atoms with E-state index in [0.717, 1.165) is 21.2 Å². The van der Waals surface area contributed by atoms with Crippen molar-refractivity contribution in [3.8, 4) is 16.9 Å². The van der Waals surface area contributed by atoms with Crippen molar-refractivity contribution in [2.24, 2.45) is 0 Å². The summed E-state index contributed by atoms with van der Waals surface area (Å²) in [5.41, 5.74) is 2.73. The van der Waals surface area contributed by atoms with E-state index in [9.17, 15) is 5.11 Å². The average molecular weight is 290 g/mol. The molecule has 0 saturated heterocycles. The first-order chi connectivity index (χ1) is 8.24. The molecule has 0 unspecified atom stereocenters. The van der Waals surface area contributed by atoms with Gasteiger partial charge in [0.1, 0.15) is 5.75 Å². The maximum absolute atomic E-state index is 9.24. The standard InChI is InChI=1S/C12H8BrN3O/c13-11-6-15-16-7-9(5-14-12(11)16)8-1-3-10(17)4-2-8/h1-7,17H. The lowest BCUT2D eigenvalue weighted by Crippen LogP contribution is -1.91. The summed E-state index contributed by atoms with van der Waals surface area (Å²) in [6.07, 6.45) is 5.40. The van der Waals surface area contributed by atoms with Gasteiger partial charge in [0.2, 0.25) is 0 Å². The van der Waals surface area contributed by atoms with Crippen LogP contribution in [0.4, 0.5) is 0 Å². The second kappa shape index (κ2) is 3.85. The largest absolute Gasteiger partial charge is 0.508 e. The molecular formula is C12H8BrN3O. The van der Waals surface area contributed by atoms with Gasteiger partial charge in [0.25, 0.3) is 0 Å². The van der Waals surface area contributed by atoms with E-state index >= 15 is 0 Å². The fourth-order valence-corrected chi connectivity index (χ4v) is 2.02. The smallest absolute Gasteiger partial charge is 0.169 e. The number of aromatic nitrogens is 3. The van der Waals surface area contributed by atoms with Gasteiger partial charge in [-0.2, -0.15) is 5.10 Å². The Balaban J connectivity index is 2.14. The summed E-state index contributed by atoms with van der Waals surface area (Å²) in [7, 11) is 0. The minimum Gasteiger partial charge on any atom is -0.508 e. The number of aromatic hydroxyl groups is 1. The third-order valence-corrected chi connectivity index (χ3v) is 3.07. The predicted octanol–water partition coefficient (Wildman–Crippen LogP) is 2.86. The van der Waals surface area contributed by atoms with E-state index in [1.165, 1.54) is 0 Å². The SMILES string of the molecule is Oc1ccc(-c2cnc3c(Br)cnn3c2)cc1. The Morgan fingerprint density at radius 3 is 2.59 bits per heavy atom. The normalized spacial score (nSPS) is 10.9. The number of hydrogen-bond donors (Lipinski definition) is 1. The Morgan fingerprint density at radius 1 is 1.06 bits per heavy atom. The van der Waals surface area contributed by atoms with E-state index < -0.39 is 0 Å². The molecule has 3 aromatic rings. The Kier molecular flexibility index (Phi) is 2.33. The molecule has 0 saturated carbocycles. The molecule has 0 amide bonds. The van der Waals surface area contributed by atoms with E-state index in [2.05, 4.69) is 26.0 Å². The zero-order chi connectivity index (χ0) is 11.8. The monoisotopic (exact) mass is 289 g/mol. The van der Waals surface area contributed by atoms with E-state index in [1.54, 1.807) is 29.0 Å². The number of fused-ring (bicyclic) bond motifs is 1. The van der Waals surface area contributed by atoms with Crippen molar-refractivity contribution in [2.75, 3.05) is 0 Å². The molecule has 3 rings (SSSR count). The van der Waals surface area contributed by atoms with Gasteiger partial charge in [0, 0.05) is 18.0 Å². The van der Waals surface area contributed by atoms with Crippen molar-refractivity contribution in [1.82, 2.24) is 14.6 Å². The molecule has 0 bridgehead atoms. The number of phenols is 1. The molecule has 0 atom stereocenters. The third-order valence-electron chi connectivity index (χ3n) is 2.51. The van der Waals surface area contributed by atoms with Crippen molar-refractivity contribution in [2.45, 2.75) is 0 Å². The first-order valence-electron chi connectivity index (χ1n) is 5.02. The van der Waals surface area contributed by atoms with Gasteiger partial charge in [0.15, 0.2) is 5.65 Å². The molecule has 1 aromatic carbocycles. The summed E-state index contributed by atoms with van der Waals surface area (Å²) < 4.78 is 2.58. The predicted molar refractivity (Wildman–Crippen MR) is 67.8 cm³/mol. The van der Waals surface area contributed by atoms with E-state index in [4.69, 9.17) is 0 Å². The minimum absolute atomic E-state index is 0.254. The van der Waals surface area contributed by atoms with Crippen molar-refractivity contribution in [3.05, 3.63) is 47.3 Å². The third kappa shape index (κ3) is 1.78. The Bertz CT molecular complexity index is 676. The van der Waals surface area contributed by atoms with Gasteiger partial charge in [-0.05, 0) is 33.6 Å². The number of hydrogen-bond acceptors (Lipinski definition) is 3. The number of phenolic OH excluding ortho intramolecular Hbond substituents is 1. The molecular weight excluding hydrogens is 282 g/mol. The fraction of sp³-hybridized carbons (Fsp3) is 0. The lowest BCUT2D eigenvalue weighted by atomic mass is 10.1. The molecule has 1 N–H and O–H groups in total. The van der Waals surface area contributed by atoms with Crippen LogP contribution in [-0.2, 0) is 0 Å². The number of rotatable bonds is 1. The van der Waals surface area contributed by atoms with Crippen LogP contribution in [0.1, 0.15) is 0 Å². The summed E-state index contributed by atoms with van der Waals surface area (Å²) in [4.78, 5) is 4.33. The minimum atomic E-state index is 0.254. The van der Waals surface area contributed by atoms with E-state index in [-0.39, 0.29) is 5.75 Å². The van der Waals surface area contributed by atoms with Crippen LogP contribution in [0.25, 0.3) is 16.8 Å². The van der Waals surface area contributed by atoms with Gasteiger partial charge in [0.05, 0.1) is 10.7 Å². The van der Waals surface area contributed by atoms with Crippen LogP contribution < -0.4 is 0 Å². The summed E-state index contributed by atoms with van der Waals surface area (Å²) in [6, 6.07) is 6.99. The highest BCUT2D eigenvalue weighted by molar-refractivity contribution is 9.10. The van der Waals surface area contributed by atoms with Gasteiger partial charge >= 0.3 is 0 Å². The molecule has 0 fully saturated rings. The van der Waals surface area contributed by atoms with Gasteiger partial charge in [-0.3, -0.25) is 0 Å². The quantitative estimate of drug-likeness (QED) is 0.749. The van der Waals surface area contributed by atoms with Gasteiger partial charge in [-0.25, -0.2) is 9.50 Å². The fourth-order valence-electron chi connectivity index (χ4n) is 1.65. The lowest BCUT2D eigenvalue weighted by Gasteiger charge is -2.02. The Morgan fingerprint density at radius 2 is 1.82 bits per heavy atom. The highest BCUT2D eigenvalue weighted by atomic mass is 79.9. The number of halogens is 1. The molecule has 17 heavy (non-hydrogen) atoms. The van der Waals surface area contributed by atoms with Crippen molar-refractivity contribution >= 4 is 21.6 Å². The maximum atomic E-state index is 9.24. The molecule has 5 heteroatoms. The maximum Gasteiger partial charge on any atom is 0.169 e. The van der Waals surface area contributed by atoms with Crippen LogP contribution in [0.2, 0.25) is 0 Å². The van der Waals surface area contributed by atoms with Gasteiger partial charge in [-0.1, -0.05) is 12.1 Å². The molecule has 0 aliphatic heterocycles.